The van der Waals surface area contributed by atoms with Crippen LogP contribution in [-0.2, 0) is 0 Å². The van der Waals surface area contributed by atoms with E-state index in [0.717, 1.165) is 17.5 Å². The summed E-state index contributed by atoms with van der Waals surface area (Å²) in [5.41, 5.74) is 8.14. The van der Waals surface area contributed by atoms with Crippen LogP contribution in [-0.4, -0.2) is 31.4 Å². The molecule has 3 N–H and O–H groups in total. The summed E-state index contributed by atoms with van der Waals surface area (Å²) >= 11 is 0. The molecule has 3 rings (SSSR count). The van der Waals surface area contributed by atoms with Crippen LogP contribution in [0, 0.1) is 0 Å². The lowest BCUT2D eigenvalue weighted by Gasteiger charge is -2.10. The number of nitrogens with two attached hydrogens (primary N) is 1. The Bertz CT molecular complexity index is 688. The van der Waals surface area contributed by atoms with E-state index in [0.29, 0.717) is 18.1 Å². The molecule has 3 aromatic heterocycles. The van der Waals surface area contributed by atoms with Gasteiger partial charge in [-0.2, -0.15) is 14.6 Å². The molecule has 0 aliphatic carbocycles. The standard InChI is InChI=1S/C12H14N6O/c1-2-5-19-11-9(8-6-14-15-7-8)3-4-10-16-12(13)17-18(10)11/h3-4,6-7H,2,5H2,1H3,(H2,13,17)(H,14,15). The highest BCUT2D eigenvalue weighted by Gasteiger charge is 2.14. The molecular formula is C12H14N6O. The molecule has 7 nitrogen and oxygen atoms in total. The van der Waals surface area contributed by atoms with Crippen molar-refractivity contribution in [2.45, 2.75) is 13.3 Å². The molecular weight excluding hydrogens is 244 g/mol. The number of fused-ring (bicyclic) bond motifs is 1. The second kappa shape index (κ2) is 4.60. The van der Waals surface area contributed by atoms with Crippen molar-refractivity contribution >= 4 is 11.6 Å². The molecule has 0 saturated heterocycles. The third kappa shape index (κ3) is 1.99. The summed E-state index contributed by atoms with van der Waals surface area (Å²) in [6, 6.07) is 3.78. The zero-order chi connectivity index (χ0) is 13.2. The average molecular weight is 258 g/mol. The fourth-order valence-corrected chi connectivity index (χ4v) is 1.90. The maximum Gasteiger partial charge on any atom is 0.240 e. The van der Waals surface area contributed by atoms with Crippen molar-refractivity contribution in [2.24, 2.45) is 0 Å². The molecule has 3 aromatic rings. The van der Waals surface area contributed by atoms with Crippen LogP contribution in [0.5, 0.6) is 5.88 Å². The number of pyridine rings is 1. The topological polar surface area (TPSA) is 94.1 Å². The minimum atomic E-state index is 0.227. The first kappa shape index (κ1) is 11.5. The molecule has 7 heteroatoms. The number of H-pyrrole nitrogens is 1. The summed E-state index contributed by atoms with van der Waals surface area (Å²) in [6.07, 6.45) is 4.45. The molecule has 0 fully saturated rings. The SMILES string of the molecule is CCCOc1c(-c2cn[nH]c2)ccc2nc(N)nn12. The molecule has 0 atom stereocenters. The van der Waals surface area contributed by atoms with Crippen LogP contribution in [0.4, 0.5) is 5.95 Å². The lowest BCUT2D eigenvalue weighted by atomic mass is 10.1. The highest BCUT2D eigenvalue weighted by molar-refractivity contribution is 5.70. The van der Waals surface area contributed by atoms with E-state index in [4.69, 9.17) is 10.5 Å². The Kier molecular flexibility index (Phi) is 2.79. The van der Waals surface area contributed by atoms with E-state index in [2.05, 4.69) is 20.3 Å². The number of nitrogens with one attached hydrogen (secondary N) is 1. The van der Waals surface area contributed by atoms with Crippen LogP contribution in [0.3, 0.4) is 0 Å². The fourth-order valence-electron chi connectivity index (χ4n) is 1.90. The molecule has 3 heterocycles. The largest absolute Gasteiger partial charge is 0.477 e. The highest BCUT2D eigenvalue weighted by Crippen LogP contribution is 2.30. The van der Waals surface area contributed by atoms with Crippen molar-refractivity contribution in [2.75, 3.05) is 12.3 Å². The van der Waals surface area contributed by atoms with Crippen LogP contribution in [0.25, 0.3) is 16.8 Å². The van der Waals surface area contributed by atoms with Gasteiger partial charge in [-0.1, -0.05) is 6.92 Å². The van der Waals surface area contributed by atoms with Gasteiger partial charge < -0.3 is 10.5 Å². The first-order valence-corrected chi connectivity index (χ1v) is 6.07. The Labute approximate surface area is 109 Å². The highest BCUT2D eigenvalue weighted by atomic mass is 16.5. The Balaban J connectivity index is 2.20. The maximum atomic E-state index is 5.80. The summed E-state index contributed by atoms with van der Waals surface area (Å²) in [7, 11) is 0. The number of hydrogen-bond acceptors (Lipinski definition) is 5. The van der Waals surface area contributed by atoms with E-state index >= 15 is 0 Å². The quantitative estimate of drug-likeness (QED) is 0.739. The second-order valence-electron chi connectivity index (χ2n) is 4.13. The molecule has 0 aliphatic rings. The Morgan fingerprint density at radius 2 is 2.32 bits per heavy atom. The van der Waals surface area contributed by atoms with E-state index in [-0.39, 0.29) is 5.95 Å². The number of nitrogens with zero attached hydrogens (tertiary/aromatic N) is 4. The van der Waals surface area contributed by atoms with E-state index < -0.39 is 0 Å². The Hall–Kier alpha value is -2.57. The van der Waals surface area contributed by atoms with Crippen molar-refractivity contribution in [1.29, 1.82) is 0 Å². The van der Waals surface area contributed by atoms with Gasteiger partial charge in [-0.25, -0.2) is 0 Å². The summed E-state index contributed by atoms with van der Waals surface area (Å²) < 4.78 is 7.42. The Morgan fingerprint density at radius 1 is 1.42 bits per heavy atom. The third-order valence-electron chi connectivity index (χ3n) is 2.72. The average Bonchev–Trinajstić information content (AvgIpc) is 3.03. The first-order chi connectivity index (χ1) is 9.29. The fraction of sp³-hybridized carbons (Fsp3) is 0.250. The second-order valence-corrected chi connectivity index (χ2v) is 4.13. The van der Waals surface area contributed by atoms with Gasteiger partial charge >= 0.3 is 0 Å². The van der Waals surface area contributed by atoms with Gasteiger partial charge in [0.05, 0.1) is 12.8 Å². The molecule has 0 aliphatic heterocycles. The van der Waals surface area contributed by atoms with Gasteiger partial charge in [0, 0.05) is 17.3 Å². The monoisotopic (exact) mass is 258 g/mol. The lowest BCUT2D eigenvalue weighted by Crippen LogP contribution is -2.04. The van der Waals surface area contributed by atoms with Crippen molar-refractivity contribution in [3.63, 3.8) is 0 Å². The Morgan fingerprint density at radius 3 is 3.05 bits per heavy atom. The molecule has 19 heavy (non-hydrogen) atoms. The predicted octanol–water partition coefficient (Wildman–Crippen LogP) is 1.49. The van der Waals surface area contributed by atoms with Gasteiger partial charge in [0.2, 0.25) is 11.8 Å². The van der Waals surface area contributed by atoms with Crippen molar-refractivity contribution < 1.29 is 4.74 Å². The zero-order valence-corrected chi connectivity index (χ0v) is 10.5. The van der Waals surface area contributed by atoms with Crippen LogP contribution in [0.1, 0.15) is 13.3 Å². The molecule has 0 aromatic carbocycles. The predicted molar refractivity (Wildman–Crippen MR) is 70.8 cm³/mol. The number of hydrogen-bond donors (Lipinski definition) is 2. The van der Waals surface area contributed by atoms with E-state index in [9.17, 15) is 0 Å². The smallest absolute Gasteiger partial charge is 0.240 e. The van der Waals surface area contributed by atoms with Gasteiger partial charge in [-0.15, -0.1) is 5.10 Å². The molecule has 0 bridgehead atoms. The first-order valence-electron chi connectivity index (χ1n) is 6.07. The van der Waals surface area contributed by atoms with Crippen LogP contribution in [0.2, 0.25) is 0 Å². The van der Waals surface area contributed by atoms with Gasteiger partial charge in [0.1, 0.15) is 0 Å². The summed E-state index contributed by atoms with van der Waals surface area (Å²) in [4.78, 5) is 4.13. The maximum absolute atomic E-state index is 5.80. The molecule has 0 radical (unpaired) electrons. The zero-order valence-electron chi connectivity index (χ0n) is 10.5. The molecule has 0 unspecified atom stereocenters. The number of ether oxygens (including phenoxy) is 1. The number of rotatable bonds is 4. The third-order valence-corrected chi connectivity index (χ3v) is 2.72. The van der Waals surface area contributed by atoms with Gasteiger partial charge in [0.15, 0.2) is 5.65 Å². The van der Waals surface area contributed by atoms with E-state index in [1.54, 1.807) is 16.9 Å². The molecule has 0 spiro atoms. The lowest BCUT2D eigenvalue weighted by molar-refractivity contribution is 0.299. The molecule has 0 amide bonds. The van der Waals surface area contributed by atoms with Crippen molar-refractivity contribution in [1.82, 2.24) is 24.8 Å². The number of aromatic nitrogens is 5. The minimum Gasteiger partial charge on any atom is -0.477 e. The summed E-state index contributed by atoms with van der Waals surface area (Å²) in [6.45, 7) is 2.65. The summed E-state index contributed by atoms with van der Waals surface area (Å²) in [5.74, 6) is 0.857. The number of anilines is 1. The van der Waals surface area contributed by atoms with E-state index in [1.165, 1.54) is 0 Å². The minimum absolute atomic E-state index is 0.227. The van der Waals surface area contributed by atoms with Gasteiger partial charge in [-0.3, -0.25) is 5.10 Å². The van der Waals surface area contributed by atoms with Gasteiger partial charge in [-0.05, 0) is 18.6 Å². The number of nitrogen functional groups attached to an aromatic ring is 1. The van der Waals surface area contributed by atoms with Crippen LogP contribution in [0.15, 0.2) is 24.5 Å². The molecule has 98 valence electrons. The van der Waals surface area contributed by atoms with Crippen LogP contribution >= 0.6 is 0 Å². The number of aromatic amines is 1. The van der Waals surface area contributed by atoms with Gasteiger partial charge in [0.25, 0.3) is 0 Å². The normalized spacial score (nSPS) is 11.0. The molecule has 0 saturated carbocycles. The van der Waals surface area contributed by atoms with E-state index in [1.807, 2.05) is 19.1 Å². The van der Waals surface area contributed by atoms with Crippen molar-refractivity contribution in [3.05, 3.63) is 24.5 Å². The summed E-state index contributed by atoms with van der Waals surface area (Å²) in [5, 5.41) is 10.9. The van der Waals surface area contributed by atoms with Crippen molar-refractivity contribution in [3.8, 4) is 17.0 Å². The van der Waals surface area contributed by atoms with Crippen LogP contribution < -0.4 is 10.5 Å².